The number of halogens is 2. The molecule has 0 saturated heterocycles. The molecule has 0 radical (unpaired) electrons. The van der Waals surface area contributed by atoms with E-state index < -0.39 is 0 Å². The summed E-state index contributed by atoms with van der Waals surface area (Å²) < 4.78 is 1.83. The van der Waals surface area contributed by atoms with E-state index in [2.05, 4.69) is 42.4 Å². The molecule has 0 aliphatic heterocycles. The van der Waals surface area contributed by atoms with E-state index in [0.717, 1.165) is 20.2 Å². The minimum Gasteiger partial charge on any atom is -0.267 e. The average molecular weight is 396 g/mol. The first kappa shape index (κ1) is 14.9. The van der Waals surface area contributed by atoms with Gasteiger partial charge in [-0.15, -0.1) is 0 Å². The Hall–Kier alpha value is -1.46. The summed E-state index contributed by atoms with van der Waals surface area (Å²) in [6.45, 7) is 1.85. The molecule has 0 heterocycles. The lowest BCUT2D eigenvalue weighted by Crippen LogP contribution is -2.19. The minimum absolute atomic E-state index is 0.236. The summed E-state index contributed by atoms with van der Waals surface area (Å²) >= 11 is 6.74. The Morgan fingerprint density at radius 1 is 1.00 bits per heavy atom. The lowest BCUT2D eigenvalue weighted by molar-refractivity contribution is 0.0955. The highest BCUT2D eigenvalue weighted by Crippen LogP contribution is 2.13. The molecule has 0 unspecified atom stereocenters. The molecule has 3 nitrogen and oxygen atoms in total. The van der Waals surface area contributed by atoms with Gasteiger partial charge in [0.25, 0.3) is 5.91 Å². The summed E-state index contributed by atoms with van der Waals surface area (Å²) in [7, 11) is 0. The molecule has 1 amide bonds. The molecule has 0 fully saturated rings. The third kappa shape index (κ3) is 4.02. The van der Waals surface area contributed by atoms with Crippen LogP contribution in [0.4, 0.5) is 0 Å². The zero-order chi connectivity index (χ0) is 14.5. The minimum atomic E-state index is -0.236. The van der Waals surface area contributed by atoms with E-state index in [9.17, 15) is 4.79 Å². The molecule has 0 aromatic heterocycles. The van der Waals surface area contributed by atoms with E-state index in [4.69, 9.17) is 0 Å². The zero-order valence-corrected chi connectivity index (χ0v) is 13.9. The number of nitrogens with zero attached hydrogens (tertiary/aromatic N) is 1. The highest BCUT2D eigenvalue weighted by molar-refractivity contribution is 9.10. The molecular weight excluding hydrogens is 384 g/mol. The van der Waals surface area contributed by atoms with Crippen LogP contribution in [0.25, 0.3) is 0 Å². The Morgan fingerprint density at radius 3 is 2.15 bits per heavy atom. The Bertz CT molecular complexity index is 668. The van der Waals surface area contributed by atoms with Gasteiger partial charge in [-0.05, 0) is 42.8 Å². The second kappa shape index (κ2) is 6.81. The number of rotatable bonds is 3. The van der Waals surface area contributed by atoms with Gasteiger partial charge in [0.2, 0.25) is 0 Å². The van der Waals surface area contributed by atoms with Crippen LogP contribution in [0.15, 0.2) is 62.6 Å². The lowest BCUT2D eigenvalue weighted by atomic mass is 10.1. The van der Waals surface area contributed by atoms with Crippen LogP contribution in [0.5, 0.6) is 0 Å². The van der Waals surface area contributed by atoms with Crippen molar-refractivity contribution in [2.45, 2.75) is 6.92 Å². The summed E-state index contributed by atoms with van der Waals surface area (Å²) in [4.78, 5) is 12.0. The number of hydrogen-bond acceptors (Lipinski definition) is 2. The first-order valence-electron chi connectivity index (χ1n) is 5.92. The number of nitrogens with one attached hydrogen (secondary N) is 1. The summed E-state index contributed by atoms with van der Waals surface area (Å²) in [5.74, 6) is -0.236. The Kier molecular flexibility index (Phi) is 5.09. The number of amides is 1. The molecule has 0 saturated carbocycles. The largest absolute Gasteiger partial charge is 0.271 e. The van der Waals surface area contributed by atoms with Crippen molar-refractivity contribution in [1.29, 1.82) is 0 Å². The molecule has 2 aromatic rings. The van der Waals surface area contributed by atoms with Crippen molar-refractivity contribution in [3.05, 3.63) is 68.6 Å². The first-order chi connectivity index (χ1) is 9.56. The van der Waals surface area contributed by atoms with Gasteiger partial charge in [0.1, 0.15) is 0 Å². The van der Waals surface area contributed by atoms with Crippen molar-refractivity contribution >= 4 is 43.5 Å². The Labute approximate surface area is 134 Å². The molecule has 2 aromatic carbocycles. The molecule has 0 aliphatic rings. The topological polar surface area (TPSA) is 41.5 Å². The fourth-order valence-corrected chi connectivity index (χ4v) is 2.41. The molecule has 0 bridgehead atoms. The smallest absolute Gasteiger partial charge is 0.267 e. The number of carbonyl (C=O) groups excluding carboxylic acids is 1. The molecule has 0 aliphatic carbocycles. The summed E-state index contributed by atoms with van der Waals surface area (Å²) in [5.41, 5.74) is 4.81. The van der Waals surface area contributed by atoms with Gasteiger partial charge in [-0.3, -0.25) is 4.79 Å². The molecule has 1 N–H and O–H groups in total. The first-order valence-corrected chi connectivity index (χ1v) is 7.51. The summed E-state index contributed by atoms with van der Waals surface area (Å²) in [6.07, 6.45) is 0. The van der Waals surface area contributed by atoms with Gasteiger partial charge >= 0.3 is 0 Å². The van der Waals surface area contributed by atoms with E-state index >= 15 is 0 Å². The maximum Gasteiger partial charge on any atom is 0.271 e. The highest BCUT2D eigenvalue weighted by Gasteiger charge is 2.05. The second-order valence-electron chi connectivity index (χ2n) is 4.16. The van der Waals surface area contributed by atoms with Gasteiger partial charge in [-0.2, -0.15) is 5.10 Å². The van der Waals surface area contributed by atoms with E-state index in [1.807, 2.05) is 43.3 Å². The quantitative estimate of drug-likeness (QED) is 0.608. The van der Waals surface area contributed by atoms with Crippen molar-refractivity contribution in [1.82, 2.24) is 5.43 Å². The fraction of sp³-hybridized carbons (Fsp3) is 0.0667. The SMILES string of the molecule is CC(=NNC(=O)c1cccc(Br)c1)c1cccc(Br)c1. The maximum absolute atomic E-state index is 12.0. The van der Waals surface area contributed by atoms with Gasteiger partial charge in [-0.25, -0.2) is 5.43 Å². The standard InChI is InChI=1S/C15H12Br2N2O/c1-10(11-4-2-6-13(16)8-11)18-19-15(20)12-5-3-7-14(17)9-12/h2-9H,1H3,(H,19,20). The normalized spacial score (nSPS) is 11.2. The molecular formula is C15H12Br2N2O. The monoisotopic (exact) mass is 394 g/mol. The van der Waals surface area contributed by atoms with Crippen molar-refractivity contribution in [2.24, 2.45) is 5.10 Å². The fourth-order valence-electron chi connectivity index (χ4n) is 1.61. The summed E-state index contributed by atoms with van der Waals surface area (Å²) in [5, 5.41) is 4.12. The number of benzene rings is 2. The van der Waals surface area contributed by atoms with Gasteiger partial charge < -0.3 is 0 Å². The van der Waals surface area contributed by atoms with E-state index in [0.29, 0.717) is 5.56 Å². The van der Waals surface area contributed by atoms with Crippen LogP contribution >= 0.6 is 31.9 Å². The molecule has 102 valence electrons. The van der Waals surface area contributed by atoms with Crippen molar-refractivity contribution < 1.29 is 4.79 Å². The number of hydrazone groups is 1. The summed E-state index contributed by atoms with van der Waals surface area (Å²) in [6, 6.07) is 14.9. The Morgan fingerprint density at radius 2 is 1.55 bits per heavy atom. The van der Waals surface area contributed by atoms with Crippen LogP contribution in [-0.2, 0) is 0 Å². The molecule has 0 spiro atoms. The molecule has 0 atom stereocenters. The third-order valence-electron chi connectivity index (χ3n) is 2.65. The number of hydrogen-bond donors (Lipinski definition) is 1. The maximum atomic E-state index is 12.0. The number of carbonyl (C=O) groups is 1. The third-order valence-corrected chi connectivity index (χ3v) is 3.64. The van der Waals surface area contributed by atoms with Gasteiger partial charge in [0, 0.05) is 14.5 Å². The average Bonchev–Trinajstić information content (AvgIpc) is 2.44. The lowest BCUT2D eigenvalue weighted by Gasteiger charge is -2.04. The van der Waals surface area contributed by atoms with Crippen LogP contribution in [0.1, 0.15) is 22.8 Å². The van der Waals surface area contributed by atoms with Crippen LogP contribution < -0.4 is 5.43 Å². The zero-order valence-electron chi connectivity index (χ0n) is 10.7. The molecule has 2 rings (SSSR count). The second-order valence-corrected chi connectivity index (χ2v) is 5.99. The van der Waals surface area contributed by atoms with E-state index in [1.54, 1.807) is 12.1 Å². The molecule has 20 heavy (non-hydrogen) atoms. The van der Waals surface area contributed by atoms with Gasteiger partial charge in [0.15, 0.2) is 0 Å². The van der Waals surface area contributed by atoms with E-state index in [1.165, 1.54) is 0 Å². The van der Waals surface area contributed by atoms with Gasteiger partial charge in [-0.1, -0.05) is 50.1 Å². The molecule has 5 heteroatoms. The van der Waals surface area contributed by atoms with Crippen molar-refractivity contribution in [3.8, 4) is 0 Å². The van der Waals surface area contributed by atoms with Gasteiger partial charge in [0.05, 0.1) is 5.71 Å². The van der Waals surface area contributed by atoms with Crippen LogP contribution in [0.3, 0.4) is 0 Å². The Balaban J connectivity index is 2.11. The predicted molar refractivity (Wildman–Crippen MR) is 88.0 cm³/mol. The predicted octanol–water partition coefficient (Wildman–Crippen LogP) is 4.37. The van der Waals surface area contributed by atoms with Crippen LogP contribution in [-0.4, -0.2) is 11.6 Å². The van der Waals surface area contributed by atoms with E-state index in [-0.39, 0.29) is 5.91 Å². The van der Waals surface area contributed by atoms with Crippen LogP contribution in [0, 0.1) is 0 Å². The van der Waals surface area contributed by atoms with Crippen molar-refractivity contribution in [3.63, 3.8) is 0 Å². The highest BCUT2D eigenvalue weighted by atomic mass is 79.9. The van der Waals surface area contributed by atoms with Crippen LogP contribution in [0.2, 0.25) is 0 Å². The van der Waals surface area contributed by atoms with Crippen molar-refractivity contribution in [2.75, 3.05) is 0 Å².